The Labute approximate surface area is 85.4 Å². The summed E-state index contributed by atoms with van der Waals surface area (Å²) in [4.78, 5) is 5.16. The van der Waals surface area contributed by atoms with Gasteiger partial charge in [0.2, 0.25) is 0 Å². The predicted octanol–water partition coefficient (Wildman–Crippen LogP) is 0.738. The molecule has 0 fully saturated rings. The molecule has 0 spiro atoms. The Balaban J connectivity index is 1.81. The highest BCUT2D eigenvalue weighted by atomic mass is 32.1. The predicted molar refractivity (Wildman–Crippen MR) is 55.7 cm³/mol. The van der Waals surface area contributed by atoms with Crippen LogP contribution in [0.5, 0.6) is 0 Å². The van der Waals surface area contributed by atoms with Gasteiger partial charge < -0.3 is 11.1 Å². The molecule has 0 radical (unpaired) electrons. The number of thiophene rings is 1. The molecule has 4 N–H and O–H groups in total. The first-order valence-electron chi connectivity index (χ1n) is 4.23. The summed E-state index contributed by atoms with van der Waals surface area (Å²) in [5, 5.41) is 11.8. The molecule has 74 valence electrons. The standard InChI is InChI=1S/C8H11N5S/c9-6-1-2-14-7(6)3-10-4-8-11-5-12-13-8/h1-2,5,10H,3-4,9H2,(H,11,12,13). The van der Waals surface area contributed by atoms with Crippen LogP contribution in [0.25, 0.3) is 0 Å². The van der Waals surface area contributed by atoms with Crippen molar-refractivity contribution in [2.24, 2.45) is 0 Å². The number of nitrogens with one attached hydrogen (secondary N) is 2. The third kappa shape index (κ3) is 2.09. The highest BCUT2D eigenvalue weighted by molar-refractivity contribution is 7.10. The molecule has 5 nitrogen and oxygen atoms in total. The maximum Gasteiger partial charge on any atom is 0.138 e. The molecule has 2 aromatic rings. The largest absolute Gasteiger partial charge is 0.398 e. The van der Waals surface area contributed by atoms with Crippen LogP contribution in [0.1, 0.15) is 10.7 Å². The number of aromatic nitrogens is 3. The fourth-order valence-corrected chi connectivity index (χ4v) is 1.87. The minimum Gasteiger partial charge on any atom is -0.398 e. The van der Waals surface area contributed by atoms with Crippen molar-refractivity contribution < 1.29 is 0 Å². The molecule has 0 saturated heterocycles. The lowest BCUT2D eigenvalue weighted by molar-refractivity contribution is 0.672. The Kier molecular flexibility index (Phi) is 2.76. The summed E-state index contributed by atoms with van der Waals surface area (Å²) < 4.78 is 0. The van der Waals surface area contributed by atoms with Crippen molar-refractivity contribution in [1.82, 2.24) is 20.5 Å². The third-order valence-electron chi connectivity index (χ3n) is 1.82. The molecule has 6 heteroatoms. The lowest BCUT2D eigenvalue weighted by Gasteiger charge is -2.00. The van der Waals surface area contributed by atoms with Gasteiger partial charge in [0.15, 0.2) is 0 Å². The Bertz CT molecular complexity index is 380. The molecule has 2 rings (SSSR count). The second kappa shape index (κ2) is 4.21. The topological polar surface area (TPSA) is 79.6 Å². The molecular formula is C8H11N5S. The van der Waals surface area contributed by atoms with E-state index in [1.54, 1.807) is 11.3 Å². The third-order valence-corrected chi connectivity index (χ3v) is 2.76. The molecule has 0 saturated carbocycles. The zero-order chi connectivity index (χ0) is 9.80. The van der Waals surface area contributed by atoms with Crippen molar-refractivity contribution in [2.75, 3.05) is 5.73 Å². The average molecular weight is 209 g/mol. The summed E-state index contributed by atoms with van der Waals surface area (Å²) in [7, 11) is 0. The van der Waals surface area contributed by atoms with E-state index in [9.17, 15) is 0 Å². The van der Waals surface area contributed by atoms with E-state index in [1.165, 1.54) is 6.33 Å². The Hall–Kier alpha value is -1.40. The zero-order valence-corrected chi connectivity index (χ0v) is 8.34. The van der Waals surface area contributed by atoms with Gasteiger partial charge in [0.25, 0.3) is 0 Å². The van der Waals surface area contributed by atoms with Gasteiger partial charge in [0.1, 0.15) is 12.2 Å². The van der Waals surface area contributed by atoms with Crippen LogP contribution in [-0.2, 0) is 13.1 Å². The average Bonchev–Trinajstić information content (AvgIpc) is 2.78. The maximum atomic E-state index is 5.73. The van der Waals surface area contributed by atoms with E-state index in [1.807, 2.05) is 11.4 Å². The second-order valence-corrected chi connectivity index (χ2v) is 3.84. The summed E-state index contributed by atoms with van der Waals surface area (Å²) in [5.41, 5.74) is 6.58. The van der Waals surface area contributed by atoms with Crippen molar-refractivity contribution in [3.63, 3.8) is 0 Å². The van der Waals surface area contributed by atoms with Gasteiger partial charge in [-0.2, -0.15) is 5.10 Å². The molecule has 14 heavy (non-hydrogen) atoms. The van der Waals surface area contributed by atoms with Crippen molar-refractivity contribution in [3.8, 4) is 0 Å². The van der Waals surface area contributed by atoms with Crippen LogP contribution in [-0.4, -0.2) is 15.2 Å². The zero-order valence-electron chi connectivity index (χ0n) is 7.53. The summed E-state index contributed by atoms with van der Waals surface area (Å²) >= 11 is 1.65. The number of hydrogen-bond donors (Lipinski definition) is 3. The molecule has 0 aliphatic rings. The molecule has 0 atom stereocenters. The lowest BCUT2D eigenvalue weighted by Crippen LogP contribution is -2.13. The fourth-order valence-electron chi connectivity index (χ4n) is 1.10. The number of hydrogen-bond acceptors (Lipinski definition) is 5. The van der Waals surface area contributed by atoms with E-state index >= 15 is 0 Å². The van der Waals surface area contributed by atoms with Crippen LogP contribution in [0, 0.1) is 0 Å². The second-order valence-electron chi connectivity index (χ2n) is 2.83. The Morgan fingerprint density at radius 1 is 1.50 bits per heavy atom. The van der Waals surface area contributed by atoms with Gasteiger partial charge in [-0.25, -0.2) is 4.98 Å². The van der Waals surface area contributed by atoms with Gasteiger partial charge >= 0.3 is 0 Å². The van der Waals surface area contributed by atoms with Crippen molar-refractivity contribution in [2.45, 2.75) is 13.1 Å². The number of nitrogen functional groups attached to an aromatic ring is 1. The van der Waals surface area contributed by atoms with E-state index in [2.05, 4.69) is 20.5 Å². The quantitative estimate of drug-likeness (QED) is 0.693. The molecule has 0 aliphatic carbocycles. The summed E-state index contributed by atoms with van der Waals surface area (Å²) in [6.07, 6.45) is 1.50. The molecule has 0 bridgehead atoms. The monoisotopic (exact) mass is 209 g/mol. The highest BCUT2D eigenvalue weighted by Crippen LogP contribution is 2.17. The smallest absolute Gasteiger partial charge is 0.138 e. The van der Waals surface area contributed by atoms with Gasteiger partial charge in [-0.05, 0) is 11.4 Å². The first-order valence-corrected chi connectivity index (χ1v) is 5.11. The number of nitrogens with two attached hydrogens (primary N) is 1. The maximum absolute atomic E-state index is 5.73. The van der Waals surface area contributed by atoms with E-state index in [0.717, 1.165) is 22.9 Å². The van der Waals surface area contributed by atoms with Crippen LogP contribution in [0.3, 0.4) is 0 Å². The summed E-state index contributed by atoms with van der Waals surface area (Å²) in [6, 6.07) is 1.91. The SMILES string of the molecule is Nc1ccsc1CNCc1ncn[nH]1. The molecule has 2 aromatic heterocycles. The Morgan fingerprint density at radius 2 is 2.43 bits per heavy atom. The van der Waals surface area contributed by atoms with Crippen LogP contribution in [0.15, 0.2) is 17.8 Å². The van der Waals surface area contributed by atoms with Crippen LogP contribution in [0.4, 0.5) is 5.69 Å². The number of anilines is 1. The van der Waals surface area contributed by atoms with Crippen LogP contribution < -0.4 is 11.1 Å². The first kappa shape index (κ1) is 9.17. The van der Waals surface area contributed by atoms with Gasteiger partial charge in [-0.15, -0.1) is 11.3 Å². The summed E-state index contributed by atoms with van der Waals surface area (Å²) in [6.45, 7) is 1.45. The molecular weight excluding hydrogens is 198 g/mol. The molecule has 0 amide bonds. The highest BCUT2D eigenvalue weighted by Gasteiger charge is 2.00. The van der Waals surface area contributed by atoms with E-state index in [-0.39, 0.29) is 0 Å². The van der Waals surface area contributed by atoms with Gasteiger partial charge in [0.05, 0.1) is 6.54 Å². The fraction of sp³-hybridized carbons (Fsp3) is 0.250. The normalized spacial score (nSPS) is 10.6. The van der Waals surface area contributed by atoms with Crippen LogP contribution in [0.2, 0.25) is 0 Å². The van der Waals surface area contributed by atoms with Gasteiger partial charge in [0, 0.05) is 17.1 Å². The molecule has 0 aliphatic heterocycles. The Morgan fingerprint density at radius 3 is 3.07 bits per heavy atom. The van der Waals surface area contributed by atoms with Gasteiger partial charge in [-0.3, -0.25) is 5.10 Å². The van der Waals surface area contributed by atoms with Crippen molar-refractivity contribution >= 4 is 17.0 Å². The lowest BCUT2D eigenvalue weighted by atomic mass is 10.4. The van der Waals surface area contributed by atoms with Crippen molar-refractivity contribution in [1.29, 1.82) is 0 Å². The minimum atomic E-state index is 0.678. The number of rotatable bonds is 4. The minimum absolute atomic E-state index is 0.678. The molecule has 0 unspecified atom stereocenters. The molecule has 0 aromatic carbocycles. The van der Waals surface area contributed by atoms with E-state index < -0.39 is 0 Å². The number of nitrogens with zero attached hydrogens (tertiary/aromatic N) is 2. The van der Waals surface area contributed by atoms with Gasteiger partial charge in [-0.1, -0.05) is 0 Å². The van der Waals surface area contributed by atoms with E-state index in [4.69, 9.17) is 5.73 Å². The molecule has 2 heterocycles. The van der Waals surface area contributed by atoms with E-state index in [0.29, 0.717) is 6.54 Å². The summed E-state index contributed by atoms with van der Waals surface area (Å²) in [5.74, 6) is 0.833. The number of aromatic amines is 1. The first-order chi connectivity index (χ1) is 6.86. The number of H-pyrrole nitrogens is 1. The van der Waals surface area contributed by atoms with Crippen molar-refractivity contribution in [3.05, 3.63) is 28.5 Å². The van der Waals surface area contributed by atoms with Crippen LogP contribution >= 0.6 is 11.3 Å².